The van der Waals surface area contributed by atoms with Crippen LogP contribution in [0.5, 0.6) is 0 Å². The fraction of sp³-hybridized carbons (Fsp3) is 0.480. The summed E-state index contributed by atoms with van der Waals surface area (Å²) >= 11 is 1.26. The Morgan fingerprint density at radius 3 is 2.67 bits per heavy atom. The van der Waals surface area contributed by atoms with Gasteiger partial charge >= 0.3 is 5.97 Å². The Balaban J connectivity index is 0.00000361. The lowest BCUT2D eigenvalue weighted by Crippen LogP contribution is -2.43. The Morgan fingerprint density at radius 2 is 2.00 bits per heavy atom. The molecule has 0 bridgehead atoms. The molecule has 0 spiro atoms. The number of likely N-dealkylation sites (tertiary alicyclic amines) is 1. The van der Waals surface area contributed by atoms with Crippen LogP contribution in [0, 0.1) is 11.7 Å². The zero-order chi connectivity index (χ0) is 24.9. The van der Waals surface area contributed by atoms with E-state index in [-0.39, 0.29) is 52.7 Å². The molecule has 36 heavy (non-hydrogen) atoms. The Bertz CT molecular complexity index is 1140. The number of hydrogen-bond donors (Lipinski definition) is 0. The minimum atomic E-state index is -0.669. The van der Waals surface area contributed by atoms with Crippen molar-refractivity contribution in [3.63, 3.8) is 0 Å². The number of rotatable bonds is 9. The third-order valence-corrected chi connectivity index (χ3v) is 7.49. The standard InChI is InChI=1S/C25H29FN4O4S.ClH/c1-16(31)35-22-9-11-29(24(25(33)17-7-8-17)20-5-3-4-6-21(20)26)15-18(22)13-19-14-27-28-30(19)12-10-23(32)34-2;/h3-6,13-14,17,22,24H,7-12,15H2,1-2H3;1H/b18-13-;. The molecule has 4 rings (SSSR count). The zero-order valence-corrected chi connectivity index (χ0v) is 21.9. The van der Waals surface area contributed by atoms with Crippen LogP contribution in [0.15, 0.2) is 36.0 Å². The maximum absolute atomic E-state index is 14.8. The van der Waals surface area contributed by atoms with Crippen molar-refractivity contribution < 1.29 is 23.5 Å². The van der Waals surface area contributed by atoms with Crippen LogP contribution >= 0.6 is 24.2 Å². The van der Waals surface area contributed by atoms with Gasteiger partial charge in [0.1, 0.15) is 5.82 Å². The molecular weight excluding hydrogens is 507 g/mol. The quantitative estimate of drug-likeness (QED) is 0.446. The highest BCUT2D eigenvalue weighted by molar-refractivity contribution is 8.14. The number of aryl methyl sites for hydroxylation is 1. The van der Waals surface area contributed by atoms with Crippen LogP contribution in [-0.4, -0.2) is 62.2 Å². The molecular formula is C25H30ClFN4O4S. The predicted octanol–water partition coefficient (Wildman–Crippen LogP) is 3.86. The number of methoxy groups -OCH3 is 1. The smallest absolute Gasteiger partial charge is 0.307 e. The van der Waals surface area contributed by atoms with E-state index in [0.717, 1.165) is 18.4 Å². The van der Waals surface area contributed by atoms with E-state index in [1.54, 1.807) is 29.1 Å². The number of halogens is 2. The van der Waals surface area contributed by atoms with Gasteiger partial charge < -0.3 is 4.74 Å². The van der Waals surface area contributed by atoms with Crippen LogP contribution in [0.3, 0.4) is 0 Å². The lowest BCUT2D eigenvalue weighted by molar-refractivity contribution is -0.140. The van der Waals surface area contributed by atoms with Gasteiger partial charge in [0.25, 0.3) is 0 Å². The van der Waals surface area contributed by atoms with E-state index < -0.39 is 6.04 Å². The molecule has 2 heterocycles. The number of nitrogens with zero attached hydrogens (tertiary/aromatic N) is 4. The SMILES string of the molecule is COC(=O)CCn1nncc1/C=C1/CN(C(C(=O)C2CC2)c2ccccc2F)CCC1SC(C)=O.Cl. The molecule has 1 aliphatic heterocycles. The van der Waals surface area contributed by atoms with E-state index in [1.165, 1.54) is 31.9 Å². The molecule has 2 atom stereocenters. The number of ketones is 1. The number of aromatic nitrogens is 3. The van der Waals surface area contributed by atoms with Crippen molar-refractivity contribution in [2.45, 2.75) is 50.4 Å². The molecule has 1 aromatic carbocycles. The predicted molar refractivity (Wildman–Crippen MR) is 137 cm³/mol. The first-order chi connectivity index (χ1) is 16.9. The molecule has 1 aliphatic carbocycles. The number of carbonyl (C=O) groups is 3. The third kappa shape index (κ3) is 6.80. The lowest BCUT2D eigenvalue weighted by Gasteiger charge is -2.38. The zero-order valence-electron chi connectivity index (χ0n) is 20.3. The number of carbonyl (C=O) groups excluding carboxylic acids is 3. The largest absolute Gasteiger partial charge is 0.469 e. The van der Waals surface area contributed by atoms with Crippen molar-refractivity contribution >= 4 is 47.1 Å². The Hall–Kier alpha value is -2.56. The molecule has 0 amide bonds. The maximum atomic E-state index is 14.8. The molecule has 1 saturated heterocycles. The number of thioether (sulfide) groups is 1. The normalized spacial score (nSPS) is 20.0. The number of piperidine rings is 1. The number of Topliss-reactive ketones (excluding diaryl/α,β-unsaturated/α-hetero) is 1. The first-order valence-corrected chi connectivity index (χ1v) is 12.6. The summed E-state index contributed by atoms with van der Waals surface area (Å²) in [5.74, 6) is -0.709. The average Bonchev–Trinajstić information content (AvgIpc) is 3.60. The van der Waals surface area contributed by atoms with Crippen LogP contribution < -0.4 is 0 Å². The lowest BCUT2D eigenvalue weighted by atomic mass is 9.93. The van der Waals surface area contributed by atoms with E-state index >= 15 is 0 Å². The summed E-state index contributed by atoms with van der Waals surface area (Å²) < 4.78 is 21.1. The summed E-state index contributed by atoms with van der Waals surface area (Å²) in [7, 11) is 1.33. The molecule has 1 aromatic heterocycles. The summed E-state index contributed by atoms with van der Waals surface area (Å²) in [5, 5.41) is 7.97. The Morgan fingerprint density at radius 1 is 1.25 bits per heavy atom. The minimum absolute atomic E-state index is 0. The second-order valence-corrected chi connectivity index (χ2v) is 10.3. The molecule has 0 N–H and O–H groups in total. The molecule has 2 aromatic rings. The van der Waals surface area contributed by atoms with Crippen molar-refractivity contribution in [3.8, 4) is 0 Å². The second-order valence-electron chi connectivity index (χ2n) is 8.89. The van der Waals surface area contributed by atoms with Gasteiger partial charge in [0, 0.05) is 36.7 Å². The molecule has 2 aliphatic rings. The van der Waals surface area contributed by atoms with E-state index in [9.17, 15) is 18.8 Å². The number of benzene rings is 1. The van der Waals surface area contributed by atoms with Crippen LogP contribution in [0.25, 0.3) is 6.08 Å². The van der Waals surface area contributed by atoms with E-state index in [0.29, 0.717) is 37.3 Å². The minimum Gasteiger partial charge on any atom is -0.469 e. The van der Waals surface area contributed by atoms with Crippen molar-refractivity contribution in [2.24, 2.45) is 5.92 Å². The summed E-state index contributed by atoms with van der Waals surface area (Å²) in [6.45, 7) is 2.82. The van der Waals surface area contributed by atoms with Crippen LogP contribution in [-0.2, 0) is 25.7 Å². The monoisotopic (exact) mass is 536 g/mol. The van der Waals surface area contributed by atoms with Gasteiger partial charge in [-0.1, -0.05) is 35.2 Å². The summed E-state index contributed by atoms with van der Waals surface area (Å²) in [5.41, 5.74) is 2.02. The Kier molecular flexibility index (Phi) is 9.81. The molecule has 0 radical (unpaired) electrons. The summed E-state index contributed by atoms with van der Waals surface area (Å²) in [6.07, 6.45) is 6.00. The van der Waals surface area contributed by atoms with Crippen LogP contribution in [0.1, 0.15) is 49.9 Å². The van der Waals surface area contributed by atoms with Gasteiger partial charge in [0.15, 0.2) is 10.9 Å². The molecule has 194 valence electrons. The van der Waals surface area contributed by atoms with Gasteiger partial charge in [-0.2, -0.15) is 0 Å². The maximum Gasteiger partial charge on any atom is 0.307 e. The molecule has 2 fully saturated rings. The first-order valence-electron chi connectivity index (χ1n) is 11.7. The van der Waals surface area contributed by atoms with Crippen molar-refractivity contribution in [3.05, 3.63) is 53.1 Å². The van der Waals surface area contributed by atoms with Gasteiger partial charge in [0.05, 0.1) is 38.0 Å². The Labute approximate surface area is 220 Å². The van der Waals surface area contributed by atoms with Crippen LogP contribution in [0.4, 0.5) is 4.39 Å². The van der Waals surface area contributed by atoms with Crippen LogP contribution in [0.2, 0.25) is 0 Å². The molecule has 2 unspecified atom stereocenters. The third-order valence-electron chi connectivity index (χ3n) is 6.34. The highest BCUT2D eigenvalue weighted by Gasteiger charge is 2.41. The summed E-state index contributed by atoms with van der Waals surface area (Å²) in [4.78, 5) is 38.9. The van der Waals surface area contributed by atoms with E-state index in [4.69, 9.17) is 4.74 Å². The number of hydrogen-bond acceptors (Lipinski definition) is 8. The van der Waals surface area contributed by atoms with Gasteiger partial charge in [-0.05, 0) is 37.0 Å². The number of ether oxygens (including phenoxy) is 1. The average molecular weight is 537 g/mol. The van der Waals surface area contributed by atoms with E-state index in [1.807, 2.05) is 11.0 Å². The van der Waals surface area contributed by atoms with Gasteiger partial charge in [-0.3, -0.25) is 19.3 Å². The highest BCUT2D eigenvalue weighted by Crippen LogP contribution is 2.40. The molecule has 1 saturated carbocycles. The van der Waals surface area contributed by atoms with Gasteiger partial charge in [0.2, 0.25) is 0 Å². The van der Waals surface area contributed by atoms with Crippen molar-refractivity contribution in [1.82, 2.24) is 19.9 Å². The number of esters is 1. The topological polar surface area (TPSA) is 94.4 Å². The fourth-order valence-electron chi connectivity index (χ4n) is 4.44. The summed E-state index contributed by atoms with van der Waals surface area (Å²) in [6, 6.07) is 5.79. The van der Waals surface area contributed by atoms with Crippen molar-refractivity contribution in [2.75, 3.05) is 20.2 Å². The first kappa shape index (κ1) is 28.0. The highest BCUT2D eigenvalue weighted by atomic mass is 35.5. The molecule has 11 heteroatoms. The van der Waals surface area contributed by atoms with Crippen molar-refractivity contribution in [1.29, 1.82) is 0 Å². The van der Waals surface area contributed by atoms with E-state index in [2.05, 4.69) is 10.3 Å². The fourth-order valence-corrected chi connectivity index (χ4v) is 5.35. The molecule has 8 nitrogen and oxygen atoms in total. The second kappa shape index (κ2) is 12.6. The van der Waals surface area contributed by atoms with Gasteiger partial charge in [-0.25, -0.2) is 9.07 Å². The van der Waals surface area contributed by atoms with Gasteiger partial charge in [-0.15, -0.1) is 17.5 Å².